The van der Waals surface area contributed by atoms with Gasteiger partial charge in [-0.1, -0.05) is 128 Å². The maximum Gasteiger partial charge on any atom is 0.508 e. The van der Waals surface area contributed by atoms with E-state index in [-0.39, 0.29) is 100 Å². The van der Waals surface area contributed by atoms with Crippen LogP contribution in [0.5, 0.6) is 23.0 Å². The number of carboxylic acids is 4. The molecule has 0 amide bonds. The van der Waals surface area contributed by atoms with Gasteiger partial charge >= 0.3 is 48.5 Å². The highest BCUT2D eigenvalue weighted by molar-refractivity contribution is 5.70. The Labute approximate surface area is 809 Å². The number of benzene rings is 4. The van der Waals surface area contributed by atoms with Crippen LogP contribution in [0, 0.1) is 71.0 Å². The number of ether oxygens (including phenoxy) is 13. The summed E-state index contributed by atoms with van der Waals surface area (Å²) in [5, 5.41) is 88.3. The second-order valence-electron chi connectivity index (χ2n) is 38.4. The molecule has 0 unspecified atom stereocenters. The Bertz CT molecular complexity index is 4250. The van der Waals surface area contributed by atoms with Gasteiger partial charge in [0.05, 0.1) is 37.6 Å². The van der Waals surface area contributed by atoms with Crippen LogP contribution < -0.4 is 18.9 Å². The van der Waals surface area contributed by atoms with Gasteiger partial charge in [0.25, 0.3) is 6.43 Å². The summed E-state index contributed by atoms with van der Waals surface area (Å²) in [6.45, 7) is 5.11. The molecular weight excluding hydrogens is 1800 g/mol. The van der Waals surface area contributed by atoms with E-state index in [0.717, 1.165) is 212 Å². The third-order valence-corrected chi connectivity index (χ3v) is 29.1. The molecule has 772 valence electrons. The summed E-state index contributed by atoms with van der Waals surface area (Å²) in [5.41, 5.74) is 8.79. The van der Waals surface area contributed by atoms with E-state index in [4.69, 9.17) is 82.4 Å². The van der Waals surface area contributed by atoms with Crippen LogP contribution in [-0.4, -0.2) is 230 Å². The van der Waals surface area contributed by atoms with E-state index in [1.807, 2.05) is 48.5 Å². The fraction of sp³-hybridized carbons (Fsp3) is 0.695. The highest BCUT2D eigenvalue weighted by atomic mass is 19.3. The molecule has 0 radical (unpaired) electrons. The number of aliphatic carboxylic acids is 4. The molecule has 4 aromatic rings. The lowest BCUT2D eigenvalue weighted by Gasteiger charge is -2.32. The van der Waals surface area contributed by atoms with Crippen molar-refractivity contribution in [1.29, 1.82) is 0 Å². The van der Waals surface area contributed by atoms with Crippen LogP contribution in [0.2, 0.25) is 0 Å². The number of aliphatic hydroxyl groups excluding tert-OH is 5. The fourth-order valence-corrected chi connectivity index (χ4v) is 22.6. The van der Waals surface area contributed by atoms with Gasteiger partial charge in [0.2, 0.25) is 0 Å². The molecule has 30 nitrogen and oxygen atoms in total. The fourth-order valence-electron chi connectivity index (χ4n) is 22.6. The minimum absolute atomic E-state index is 0.0334. The number of rotatable bonds is 53. The SMILES string of the molecule is CCCCC[C@@H](CC[C@@H]1[C@H]2Cc3cccc(OCC(=O)O)c3C[C@H]2C[C@H]1O)OC(=O)OCC(F)F.CCCCC[C@@H](CC[C@@H]1[C@H]2Cc3cccc(OCC(=O)O)c3C[C@H]2C[C@H]1O)OC(=O)OCCF.CCCCC[C@@H](CC[C@@H]1[C@H]2Cc3cccc(OCC(=O)O)c3C[C@H]2C[C@H]1O)OC(=O)OCCO.CCCCC[C@@H](CC[C@@H]1[C@H]2Cc3cccc(OCC(=O)O)c3C[C@H]2C[C@H]1O)OC(=O)OCCOC. The molecule has 0 aliphatic heterocycles. The Balaban J connectivity index is 0.000000206. The summed E-state index contributed by atoms with van der Waals surface area (Å²) in [6, 6.07) is 23.0. The van der Waals surface area contributed by atoms with E-state index in [0.29, 0.717) is 123 Å². The number of hydrogen-bond donors (Lipinski definition) is 9. The number of alkyl halides is 3. The van der Waals surface area contributed by atoms with Crippen molar-refractivity contribution >= 4 is 48.5 Å². The quantitative estimate of drug-likeness (QED) is 0.0113. The monoisotopic (exact) mass is 1950 g/mol. The molecule has 0 spiro atoms. The predicted molar refractivity (Wildman–Crippen MR) is 502 cm³/mol. The topological polar surface area (TPSA) is 439 Å². The number of carbonyl (C=O) groups excluding carboxylic acids is 4. The Kier molecular flexibility index (Phi) is 48.3. The maximum atomic E-state index is 12.3. The lowest BCUT2D eigenvalue weighted by atomic mass is 9.73. The molecule has 0 heterocycles. The molecule has 0 saturated heterocycles. The molecule has 33 heteroatoms. The standard InChI is InChI=1S/C27H40O8.C26H36F2O7.C26H37FO7.C26H38O8/c1-3-4-5-8-20(35-27(31)33-13-12-32-2)10-11-21-22-14-18-7-6-9-25(34-17-26(29)30)23(18)15-19(22)16-24(21)28;1-2-3-4-7-18(35-26(32)34-14-24(27)28)9-10-19-20-11-16-6-5-8-23(33-15-25(30)31)21(16)12-17(20)13-22(19)29;2*1-2-3-4-7-19(34-26(31)32-12-11-27)9-10-20-21-13-17-6-5-8-24(33-16-25(29)30)22(17)14-18(21)15-23(20)28/h6-7,9,19-22,24,28H,3-5,8,10-17H2,1-2H3,(H,29,30);5-6,8,17-20,22,24,29H,2-4,7,9-15H2,1H3,(H,30,31);5-6,8,18-21,23,28H,2-4,7,9-16H2,1H3,(H,29,30);5-6,8,18-21,23,27-28H,2-4,7,9-16H2,1H3,(H,29,30)/t19-,20-,21+,22-,24+;17-,18-,19+,20-,22+;2*18-,19-,20+,21-,23+/m0000/s1. The van der Waals surface area contributed by atoms with Gasteiger partial charge in [-0.05, 0) is 320 Å². The lowest BCUT2D eigenvalue weighted by molar-refractivity contribution is -0.140. The van der Waals surface area contributed by atoms with E-state index in [1.165, 1.54) is 5.56 Å². The normalized spacial score (nSPS) is 24.0. The minimum Gasteiger partial charge on any atom is -0.482 e. The summed E-state index contributed by atoms with van der Waals surface area (Å²) in [4.78, 5) is 91.5. The molecule has 0 aromatic heterocycles. The van der Waals surface area contributed by atoms with Crippen LogP contribution in [0.4, 0.5) is 32.3 Å². The number of methoxy groups -OCH3 is 1. The second kappa shape index (κ2) is 59.4. The largest absolute Gasteiger partial charge is 0.508 e. The van der Waals surface area contributed by atoms with Crippen LogP contribution >= 0.6 is 0 Å². The number of fused-ring (bicyclic) bond motifs is 8. The van der Waals surface area contributed by atoms with E-state index < -0.39 is 105 Å². The van der Waals surface area contributed by atoms with Crippen molar-refractivity contribution in [3.8, 4) is 23.0 Å². The lowest BCUT2D eigenvalue weighted by Crippen LogP contribution is -2.29. The average Bonchev–Trinajstić information content (AvgIpc) is 1.63. The van der Waals surface area contributed by atoms with E-state index in [9.17, 15) is 72.0 Å². The predicted octanol–water partition coefficient (Wildman–Crippen LogP) is 17.8. The zero-order valence-corrected chi connectivity index (χ0v) is 81.0. The van der Waals surface area contributed by atoms with Crippen LogP contribution in [0.15, 0.2) is 72.8 Å². The third kappa shape index (κ3) is 35.7. The first-order valence-electron chi connectivity index (χ1n) is 50.4. The van der Waals surface area contributed by atoms with Crippen LogP contribution in [0.1, 0.15) is 252 Å². The van der Waals surface area contributed by atoms with Crippen LogP contribution in [-0.2, 0) is 113 Å². The van der Waals surface area contributed by atoms with Gasteiger partial charge in [0, 0.05) is 7.11 Å². The van der Waals surface area contributed by atoms with E-state index in [1.54, 1.807) is 13.2 Å². The van der Waals surface area contributed by atoms with E-state index >= 15 is 0 Å². The Morgan fingerprint density at radius 3 is 0.848 bits per heavy atom. The number of halogens is 3. The van der Waals surface area contributed by atoms with Gasteiger partial charge in [-0.3, -0.25) is 0 Å². The summed E-state index contributed by atoms with van der Waals surface area (Å²) in [7, 11) is 1.55. The van der Waals surface area contributed by atoms with Gasteiger partial charge in [-0.2, -0.15) is 0 Å². The average molecular weight is 1950 g/mol. The van der Waals surface area contributed by atoms with Gasteiger partial charge < -0.3 is 108 Å². The molecule has 8 aliphatic rings. The summed E-state index contributed by atoms with van der Waals surface area (Å²) in [6.07, 6.45) is 20.5. The molecule has 138 heavy (non-hydrogen) atoms. The van der Waals surface area contributed by atoms with E-state index in [2.05, 4.69) is 50.6 Å². The third-order valence-electron chi connectivity index (χ3n) is 29.1. The number of carbonyl (C=O) groups is 8. The first kappa shape index (κ1) is 112. The Morgan fingerprint density at radius 2 is 0.609 bits per heavy atom. The number of hydrogen-bond acceptors (Lipinski definition) is 26. The Morgan fingerprint density at radius 1 is 0.348 bits per heavy atom. The number of carboxylic acid groups (broad SMARTS) is 4. The summed E-state index contributed by atoms with van der Waals surface area (Å²) >= 11 is 0. The highest BCUT2D eigenvalue weighted by Crippen LogP contribution is 2.54. The van der Waals surface area contributed by atoms with Crippen LogP contribution in [0.25, 0.3) is 0 Å². The van der Waals surface area contributed by atoms with Crippen LogP contribution in [0.3, 0.4) is 0 Å². The molecule has 9 N–H and O–H groups in total. The molecule has 20 atom stereocenters. The molecule has 4 aromatic carbocycles. The first-order chi connectivity index (χ1) is 66.5. The molecule has 12 rings (SSSR count). The van der Waals surface area contributed by atoms with Gasteiger partial charge in [0.15, 0.2) is 33.0 Å². The molecule has 4 fully saturated rings. The van der Waals surface area contributed by atoms with Crippen molar-refractivity contribution in [3.63, 3.8) is 0 Å². The summed E-state index contributed by atoms with van der Waals surface area (Å²) < 4.78 is 105. The number of unbranched alkanes of at least 4 members (excludes halogenated alkanes) is 8. The summed E-state index contributed by atoms with van der Waals surface area (Å²) in [5.74, 6) is 1.28. The number of aliphatic hydroxyl groups is 5. The maximum absolute atomic E-state index is 12.3. The first-order valence-corrected chi connectivity index (χ1v) is 50.4. The second-order valence-corrected chi connectivity index (χ2v) is 38.4. The molecular formula is C105H151F3O30. The minimum atomic E-state index is -2.74. The van der Waals surface area contributed by atoms with Gasteiger partial charge in [0.1, 0.15) is 73.9 Å². The molecule has 8 aliphatic carbocycles. The van der Waals surface area contributed by atoms with Crippen molar-refractivity contribution in [1.82, 2.24) is 0 Å². The smallest absolute Gasteiger partial charge is 0.482 e. The van der Waals surface area contributed by atoms with Crippen molar-refractivity contribution < 1.29 is 159 Å². The van der Waals surface area contributed by atoms with Crippen molar-refractivity contribution in [3.05, 3.63) is 117 Å². The van der Waals surface area contributed by atoms with Crippen molar-refractivity contribution in [2.24, 2.45) is 71.0 Å². The van der Waals surface area contributed by atoms with Crippen molar-refractivity contribution in [2.45, 2.75) is 314 Å². The zero-order chi connectivity index (χ0) is 99.6. The molecule has 0 bridgehead atoms. The van der Waals surface area contributed by atoms with Gasteiger partial charge in [-0.15, -0.1) is 0 Å². The van der Waals surface area contributed by atoms with Crippen molar-refractivity contribution in [2.75, 3.05) is 79.9 Å². The highest BCUT2D eigenvalue weighted by Gasteiger charge is 2.50. The zero-order valence-electron chi connectivity index (χ0n) is 81.0. The Hall–Kier alpha value is -9.41. The molecule has 4 saturated carbocycles. The van der Waals surface area contributed by atoms with Gasteiger partial charge in [-0.25, -0.2) is 51.5 Å².